The summed E-state index contributed by atoms with van der Waals surface area (Å²) in [7, 11) is 1.59. The van der Waals surface area contributed by atoms with Crippen LogP contribution in [0, 0.1) is 6.92 Å². The number of pyridine rings is 1. The average molecular weight is 322 g/mol. The molecule has 0 atom stereocenters. The summed E-state index contributed by atoms with van der Waals surface area (Å²) in [5.41, 5.74) is 3.52. The van der Waals surface area contributed by atoms with Gasteiger partial charge in [-0.25, -0.2) is 4.98 Å². The number of carbonyl (C=O) groups is 1. The average Bonchev–Trinajstić information content (AvgIpc) is 2.60. The van der Waals surface area contributed by atoms with E-state index in [0.717, 1.165) is 11.3 Å². The molecule has 0 bridgehead atoms. The minimum atomic E-state index is -0.143. The van der Waals surface area contributed by atoms with Crippen molar-refractivity contribution in [1.29, 1.82) is 0 Å². The van der Waals surface area contributed by atoms with Crippen molar-refractivity contribution in [2.24, 2.45) is 0 Å². The summed E-state index contributed by atoms with van der Waals surface area (Å²) in [4.78, 5) is 28.3. The molecule has 24 heavy (non-hydrogen) atoms. The molecule has 1 amide bonds. The number of aromatic nitrogens is 2. The van der Waals surface area contributed by atoms with Crippen LogP contribution in [0.3, 0.4) is 0 Å². The van der Waals surface area contributed by atoms with Gasteiger partial charge in [0.1, 0.15) is 5.65 Å². The van der Waals surface area contributed by atoms with Crippen molar-refractivity contribution >= 4 is 17.2 Å². The van der Waals surface area contributed by atoms with Crippen LogP contribution in [0.25, 0.3) is 5.65 Å². The first-order valence-electron chi connectivity index (χ1n) is 7.62. The lowest BCUT2D eigenvalue weighted by atomic mass is 10.2. The molecule has 0 aliphatic carbocycles. The Bertz CT molecular complexity index is 963. The lowest BCUT2D eigenvalue weighted by Crippen LogP contribution is -2.18. The van der Waals surface area contributed by atoms with E-state index < -0.39 is 0 Å². The van der Waals surface area contributed by atoms with E-state index in [1.807, 2.05) is 25.1 Å². The molecule has 6 nitrogen and oxygen atoms in total. The quantitative estimate of drug-likeness (QED) is 0.770. The van der Waals surface area contributed by atoms with E-state index in [4.69, 9.17) is 0 Å². The molecule has 0 unspecified atom stereocenters. The molecule has 1 aromatic carbocycles. The topological polar surface area (TPSA) is 75.5 Å². The largest absolute Gasteiger partial charge is 0.379 e. The molecule has 3 rings (SSSR count). The van der Waals surface area contributed by atoms with Gasteiger partial charge < -0.3 is 10.6 Å². The first kappa shape index (κ1) is 15.7. The van der Waals surface area contributed by atoms with Crippen molar-refractivity contribution in [3.8, 4) is 0 Å². The zero-order valence-electron chi connectivity index (χ0n) is 13.5. The predicted octanol–water partition coefficient (Wildman–Crippen LogP) is 1.97. The molecule has 0 aliphatic heterocycles. The molecule has 6 heteroatoms. The van der Waals surface area contributed by atoms with Gasteiger partial charge >= 0.3 is 0 Å². The number of hydrogen-bond acceptors (Lipinski definition) is 4. The smallest absolute Gasteiger partial charge is 0.258 e. The number of aryl methyl sites for hydroxylation is 1. The maximum atomic E-state index is 12.2. The van der Waals surface area contributed by atoms with Gasteiger partial charge in [-0.1, -0.05) is 12.1 Å². The number of amides is 1. The third kappa shape index (κ3) is 3.27. The highest BCUT2D eigenvalue weighted by Gasteiger charge is 2.05. The highest BCUT2D eigenvalue weighted by molar-refractivity contribution is 5.94. The van der Waals surface area contributed by atoms with Crippen LogP contribution >= 0.6 is 0 Å². The second-order valence-electron chi connectivity index (χ2n) is 5.53. The summed E-state index contributed by atoms with van der Waals surface area (Å²) in [6, 6.07) is 12.4. The van der Waals surface area contributed by atoms with E-state index in [0.29, 0.717) is 23.4 Å². The Balaban J connectivity index is 1.82. The second kappa shape index (κ2) is 6.54. The van der Waals surface area contributed by atoms with Gasteiger partial charge in [0.05, 0.1) is 12.2 Å². The molecule has 2 N–H and O–H groups in total. The van der Waals surface area contributed by atoms with Crippen molar-refractivity contribution in [3.63, 3.8) is 0 Å². The van der Waals surface area contributed by atoms with Gasteiger partial charge in [0.25, 0.3) is 11.5 Å². The fraction of sp³-hybridized carbons (Fsp3) is 0.167. The Kier molecular flexibility index (Phi) is 4.29. The molecule has 122 valence electrons. The molecule has 0 aliphatic rings. The first-order valence-corrected chi connectivity index (χ1v) is 7.62. The molecule has 0 radical (unpaired) electrons. The van der Waals surface area contributed by atoms with Crippen molar-refractivity contribution in [3.05, 3.63) is 75.8 Å². The van der Waals surface area contributed by atoms with Gasteiger partial charge in [0.15, 0.2) is 0 Å². The Hall–Kier alpha value is -3.15. The summed E-state index contributed by atoms with van der Waals surface area (Å²) in [6.07, 6.45) is 1.77. The minimum Gasteiger partial charge on any atom is -0.379 e. The Labute approximate surface area is 139 Å². The number of carbonyl (C=O) groups excluding carboxylic acids is 1. The van der Waals surface area contributed by atoms with E-state index in [2.05, 4.69) is 15.6 Å². The number of hydrogen-bond donors (Lipinski definition) is 2. The number of rotatable bonds is 4. The van der Waals surface area contributed by atoms with Crippen molar-refractivity contribution in [2.75, 3.05) is 12.4 Å². The van der Waals surface area contributed by atoms with E-state index in [9.17, 15) is 9.59 Å². The summed E-state index contributed by atoms with van der Waals surface area (Å²) in [5.74, 6) is -0.143. The van der Waals surface area contributed by atoms with Crippen molar-refractivity contribution in [1.82, 2.24) is 14.7 Å². The van der Waals surface area contributed by atoms with Gasteiger partial charge in [-0.15, -0.1) is 0 Å². The number of fused-ring (bicyclic) bond motifs is 1. The van der Waals surface area contributed by atoms with Crippen LogP contribution in [0.15, 0.2) is 53.5 Å². The molecular weight excluding hydrogens is 304 g/mol. The molecule has 3 aromatic rings. The van der Waals surface area contributed by atoms with Gasteiger partial charge in [-0.05, 0) is 36.8 Å². The van der Waals surface area contributed by atoms with Crippen molar-refractivity contribution in [2.45, 2.75) is 13.5 Å². The van der Waals surface area contributed by atoms with Crippen LogP contribution in [0.2, 0.25) is 0 Å². The number of nitrogens with one attached hydrogen (secondary N) is 2. The molecule has 0 fully saturated rings. The predicted molar refractivity (Wildman–Crippen MR) is 93.4 cm³/mol. The van der Waals surface area contributed by atoms with Crippen LogP contribution in [-0.2, 0) is 6.54 Å². The maximum Gasteiger partial charge on any atom is 0.258 e. The van der Waals surface area contributed by atoms with Gasteiger partial charge in [-0.3, -0.25) is 14.0 Å². The summed E-state index contributed by atoms with van der Waals surface area (Å²) >= 11 is 0. The van der Waals surface area contributed by atoms with E-state index in [1.54, 1.807) is 31.4 Å². The second-order valence-corrected chi connectivity index (χ2v) is 5.53. The van der Waals surface area contributed by atoms with E-state index >= 15 is 0 Å². The van der Waals surface area contributed by atoms with Gasteiger partial charge in [0, 0.05) is 30.6 Å². The molecular formula is C18H18N4O2. The summed E-state index contributed by atoms with van der Waals surface area (Å²) < 4.78 is 1.53. The number of anilines is 1. The molecule has 0 saturated carbocycles. The van der Waals surface area contributed by atoms with Crippen molar-refractivity contribution < 1.29 is 4.79 Å². The first-order chi connectivity index (χ1) is 11.6. The van der Waals surface area contributed by atoms with Crippen LogP contribution in [0.1, 0.15) is 21.6 Å². The standard InChI is InChI=1S/C18H18N4O2/c1-12-6-7-16-21-15(9-17(23)22(16)11-12)10-20-14-5-3-4-13(8-14)18(24)19-2/h3-9,11,20H,10H2,1-2H3,(H,19,24). The summed E-state index contributed by atoms with van der Waals surface area (Å²) in [6.45, 7) is 2.33. The van der Waals surface area contributed by atoms with E-state index in [1.165, 1.54) is 10.5 Å². The zero-order chi connectivity index (χ0) is 17.1. The van der Waals surface area contributed by atoms with Gasteiger partial charge in [-0.2, -0.15) is 0 Å². The Morgan fingerprint density at radius 1 is 1.21 bits per heavy atom. The lowest BCUT2D eigenvalue weighted by molar-refractivity contribution is 0.0963. The van der Waals surface area contributed by atoms with Gasteiger partial charge in [0.2, 0.25) is 0 Å². The SMILES string of the molecule is CNC(=O)c1cccc(NCc2cc(=O)n3cc(C)ccc3n2)c1. The number of benzene rings is 1. The monoisotopic (exact) mass is 322 g/mol. The highest BCUT2D eigenvalue weighted by Crippen LogP contribution is 2.12. The maximum absolute atomic E-state index is 12.2. The molecule has 2 heterocycles. The fourth-order valence-electron chi connectivity index (χ4n) is 2.46. The molecule has 0 spiro atoms. The third-order valence-electron chi connectivity index (χ3n) is 3.69. The van der Waals surface area contributed by atoms with Crippen LogP contribution in [0.4, 0.5) is 5.69 Å². The van der Waals surface area contributed by atoms with Crippen LogP contribution < -0.4 is 16.2 Å². The molecule has 0 saturated heterocycles. The lowest BCUT2D eigenvalue weighted by Gasteiger charge is -2.09. The molecule has 2 aromatic heterocycles. The minimum absolute atomic E-state index is 0.111. The zero-order valence-corrected chi connectivity index (χ0v) is 13.5. The highest BCUT2D eigenvalue weighted by atomic mass is 16.1. The van der Waals surface area contributed by atoms with Crippen LogP contribution in [-0.4, -0.2) is 22.3 Å². The fourth-order valence-corrected chi connectivity index (χ4v) is 2.46. The number of nitrogens with zero attached hydrogens (tertiary/aromatic N) is 2. The normalized spacial score (nSPS) is 10.6. The third-order valence-corrected chi connectivity index (χ3v) is 3.69. The Morgan fingerprint density at radius 3 is 2.83 bits per heavy atom. The summed E-state index contributed by atoms with van der Waals surface area (Å²) in [5, 5.41) is 5.78. The Morgan fingerprint density at radius 2 is 2.04 bits per heavy atom. The van der Waals surface area contributed by atoms with E-state index in [-0.39, 0.29) is 11.5 Å². The van der Waals surface area contributed by atoms with Crippen LogP contribution in [0.5, 0.6) is 0 Å².